The summed E-state index contributed by atoms with van der Waals surface area (Å²) in [6.07, 6.45) is 3.03. The van der Waals surface area contributed by atoms with E-state index in [0.717, 1.165) is 11.1 Å². The summed E-state index contributed by atoms with van der Waals surface area (Å²) in [5, 5.41) is 0. The molecule has 0 aliphatic heterocycles. The van der Waals surface area contributed by atoms with Gasteiger partial charge in [-0.1, -0.05) is 35.9 Å². The number of ether oxygens (including phenoxy) is 3. The van der Waals surface area contributed by atoms with Gasteiger partial charge in [0.25, 0.3) is 0 Å². The van der Waals surface area contributed by atoms with Crippen molar-refractivity contribution in [2.45, 2.75) is 13.5 Å². The Balaban J connectivity index is 2.10. The highest BCUT2D eigenvalue weighted by Crippen LogP contribution is 2.29. The summed E-state index contributed by atoms with van der Waals surface area (Å²) in [7, 11) is 2.93. The molecule has 0 saturated heterocycles. The van der Waals surface area contributed by atoms with Gasteiger partial charge in [0.1, 0.15) is 6.61 Å². The van der Waals surface area contributed by atoms with Crippen molar-refractivity contribution in [2.75, 3.05) is 14.2 Å². The molecule has 0 heterocycles. The van der Waals surface area contributed by atoms with Crippen LogP contribution in [-0.2, 0) is 16.1 Å². The molecule has 2 aromatic rings. The fraction of sp³-hybridized carbons (Fsp3) is 0.211. The maximum atomic E-state index is 11.1. The van der Waals surface area contributed by atoms with Gasteiger partial charge in [-0.25, -0.2) is 4.79 Å². The van der Waals surface area contributed by atoms with Gasteiger partial charge in [0, 0.05) is 6.08 Å². The summed E-state index contributed by atoms with van der Waals surface area (Å²) in [4.78, 5) is 11.1. The minimum absolute atomic E-state index is 0.399. The van der Waals surface area contributed by atoms with Crippen LogP contribution in [0.5, 0.6) is 11.5 Å². The van der Waals surface area contributed by atoms with Crippen molar-refractivity contribution >= 4 is 12.0 Å². The van der Waals surface area contributed by atoms with Crippen LogP contribution in [0.2, 0.25) is 0 Å². The van der Waals surface area contributed by atoms with Gasteiger partial charge < -0.3 is 14.2 Å². The molecule has 0 aliphatic carbocycles. The van der Waals surface area contributed by atoms with Crippen molar-refractivity contribution < 1.29 is 19.0 Å². The number of hydrogen-bond acceptors (Lipinski definition) is 4. The average molecular weight is 312 g/mol. The van der Waals surface area contributed by atoms with Gasteiger partial charge in [-0.15, -0.1) is 0 Å². The van der Waals surface area contributed by atoms with E-state index < -0.39 is 5.97 Å². The van der Waals surface area contributed by atoms with Crippen molar-refractivity contribution in [2.24, 2.45) is 0 Å². The molecule has 2 rings (SSSR count). The molecule has 120 valence electrons. The Labute approximate surface area is 136 Å². The number of aryl methyl sites for hydroxylation is 1. The van der Waals surface area contributed by atoms with E-state index in [9.17, 15) is 4.79 Å². The van der Waals surface area contributed by atoms with Crippen molar-refractivity contribution in [1.29, 1.82) is 0 Å². The molecule has 0 aromatic heterocycles. The zero-order valence-corrected chi connectivity index (χ0v) is 13.5. The zero-order valence-electron chi connectivity index (χ0n) is 13.5. The van der Waals surface area contributed by atoms with Crippen molar-refractivity contribution in [3.05, 3.63) is 65.2 Å². The van der Waals surface area contributed by atoms with Crippen LogP contribution in [0.1, 0.15) is 16.7 Å². The summed E-state index contributed by atoms with van der Waals surface area (Å²) in [5.74, 6) is 0.873. The summed E-state index contributed by atoms with van der Waals surface area (Å²) in [6, 6.07) is 13.6. The van der Waals surface area contributed by atoms with E-state index in [2.05, 4.69) is 10.8 Å². The third-order valence-electron chi connectivity index (χ3n) is 3.28. The fourth-order valence-corrected chi connectivity index (χ4v) is 2.10. The van der Waals surface area contributed by atoms with Gasteiger partial charge in [-0.3, -0.25) is 0 Å². The SMILES string of the molecule is COC(=O)/C=C/c1ccc(OCc2cccc(C)c2)c(OC)c1. The smallest absolute Gasteiger partial charge is 0.330 e. The molecule has 23 heavy (non-hydrogen) atoms. The second kappa shape index (κ2) is 8.03. The van der Waals surface area contributed by atoms with Crippen molar-refractivity contribution in [3.8, 4) is 11.5 Å². The van der Waals surface area contributed by atoms with Crippen LogP contribution in [0, 0.1) is 6.92 Å². The molecule has 0 unspecified atom stereocenters. The molecule has 4 heteroatoms. The van der Waals surface area contributed by atoms with Crippen LogP contribution in [0.3, 0.4) is 0 Å². The van der Waals surface area contributed by atoms with E-state index >= 15 is 0 Å². The van der Waals surface area contributed by atoms with Gasteiger partial charge in [0.15, 0.2) is 11.5 Å². The summed E-state index contributed by atoms with van der Waals surface area (Å²) in [6.45, 7) is 2.52. The Hall–Kier alpha value is -2.75. The molecule has 0 atom stereocenters. The van der Waals surface area contributed by atoms with Crippen LogP contribution in [0.15, 0.2) is 48.5 Å². The van der Waals surface area contributed by atoms with Gasteiger partial charge in [0.05, 0.1) is 14.2 Å². The Kier molecular flexibility index (Phi) is 5.80. The molecule has 0 radical (unpaired) electrons. The fourth-order valence-electron chi connectivity index (χ4n) is 2.10. The lowest BCUT2D eigenvalue weighted by atomic mass is 10.1. The Morgan fingerprint density at radius 1 is 1.09 bits per heavy atom. The van der Waals surface area contributed by atoms with Crippen LogP contribution in [0.4, 0.5) is 0 Å². The lowest BCUT2D eigenvalue weighted by Gasteiger charge is -2.11. The van der Waals surface area contributed by atoms with Crippen LogP contribution < -0.4 is 9.47 Å². The number of carbonyl (C=O) groups is 1. The minimum Gasteiger partial charge on any atom is -0.493 e. The van der Waals surface area contributed by atoms with Crippen LogP contribution in [-0.4, -0.2) is 20.2 Å². The highest BCUT2D eigenvalue weighted by molar-refractivity contribution is 5.87. The van der Waals surface area contributed by atoms with E-state index in [1.807, 2.05) is 43.3 Å². The molecular weight excluding hydrogens is 292 g/mol. The highest BCUT2D eigenvalue weighted by Gasteiger charge is 2.06. The molecular formula is C19H20O4. The van der Waals surface area contributed by atoms with E-state index in [-0.39, 0.29) is 0 Å². The summed E-state index contributed by atoms with van der Waals surface area (Å²) >= 11 is 0. The first-order valence-corrected chi connectivity index (χ1v) is 7.25. The number of hydrogen-bond donors (Lipinski definition) is 0. The molecule has 0 bridgehead atoms. The molecule has 2 aromatic carbocycles. The summed E-state index contributed by atoms with van der Waals surface area (Å²) < 4.78 is 15.8. The molecule has 0 aliphatic rings. The quantitative estimate of drug-likeness (QED) is 0.601. The topological polar surface area (TPSA) is 44.8 Å². The van der Waals surface area contributed by atoms with Crippen LogP contribution >= 0.6 is 0 Å². The first-order chi connectivity index (χ1) is 11.1. The van der Waals surface area contributed by atoms with E-state index in [1.54, 1.807) is 13.2 Å². The molecule has 0 spiro atoms. The Morgan fingerprint density at radius 3 is 2.61 bits per heavy atom. The lowest BCUT2D eigenvalue weighted by molar-refractivity contribution is -0.134. The lowest BCUT2D eigenvalue weighted by Crippen LogP contribution is -1.98. The molecule has 4 nitrogen and oxygen atoms in total. The average Bonchev–Trinajstić information content (AvgIpc) is 2.58. The highest BCUT2D eigenvalue weighted by atomic mass is 16.5. The monoisotopic (exact) mass is 312 g/mol. The van der Waals surface area contributed by atoms with E-state index in [1.165, 1.54) is 18.7 Å². The minimum atomic E-state index is -0.399. The standard InChI is InChI=1S/C19H20O4/c1-14-5-4-6-16(11-14)13-23-17-9-7-15(12-18(17)21-2)8-10-19(20)22-3/h4-12H,13H2,1-3H3/b10-8+. The van der Waals surface area contributed by atoms with Gasteiger partial charge in [-0.2, -0.15) is 0 Å². The Morgan fingerprint density at radius 2 is 1.91 bits per heavy atom. The third-order valence-corrected chi connectivity index (χ3v) is 3.28. The second-order valence-corrected chi connectivity index (χ2v) is 5.04. The van der Waals surface area contributed by atoms with Crippen molar-refractivity contribution in [3.63, 3.8) is 0 Å². The van der Waals surface area contributed by atoms with E-state index in [0.29, 0.717) is 18.1 Å². The van der Waals surface area contributed by atoms with Crippen LogP contribution in [0.25, 0.3) is 6.08 Å². The van der Waals surface area contributed by atoms with Gasteiger partial charge in [-0.05, 0) is 36.3 Å². The number of esters is 1. The number of methoxy groups -OCH3 is 2. The Bertz CT molecular complexity index is 704. The zero-order chi connectivity index (χ0) is 16.7. The largest absolute Gasteiger partial charge is 0.493 e. The first-order valence-electron chi connectivity index (χ1n) is 7.25. The second-order valence-electron chi connectivity index (χ2n) is 5.04. The maximum absolute atomic E-state index is 11.1. The molecule has 0 fully saturated rings. The molecule has 0 N–H and O–H groups in total. The van der Waals surface area contributed by atoms with Crippen molar-refractivity contribution in [1.82, 2.24) is 0 Å². The first kappa shape index (κ1) is 16.6. The summed E-state index contributed by atoms with van der Waals surface area (Å²) in [5.41, 5.74) is 3.12. The van der Waals surface area contributed by atoms with Gasteiger partial charge >= 0.3 is 5.97 Å². The number of rotatable bonds is 6. The molecule has 0 saturated carbocycles. The molecule has 0 amide bonds. The number of benzene rings is 2. The predicted molar refractivity (Wildman–Crippen MR) is 89.6 cm³/mol. The predicted octanol–water partition coefficient (Wildman–Crippen LogP) is 3.77. The maximum Gasteiger partial charge on any atom is 0.330 e. The van der Waals surface area contributed by atoms with E-state index in [4.69, 9.17) is 9.47 Å². The van der Waals surface area contributed by atoms with Gasteiger partial charge in [0.2, 0.25) is 0 Å². The third kappa shape index (κ3) is 4.88. The number of carbonyl (C=O) groups excluding carboxylic acids is 1. The normalized spacial score (nSPS) is 10.6.